The van der Waals surface area contributed by atoms with E-state index in [4.69, 9.17) is 11.6 Å². The summed E-state index contributed by atoms with van der Waals surface area (Å²) in [5.41, 5.74) is 1.31. The molecule has 0 bridgehead atoms. The molecule has 0 aliphatic heterocycles. The average molecular weight is 308 g/mol. The van der Waals surface area contributed by atoms with Crippen LogP contribution in [0.15, 0.2) is 41.8 Å². The van der Waals surface area contributed by atoms with Gasteiger partial charge in [-0.25, -0.2) is 0 Å². The van der Waals surface area contributed by atoms with Crippen molar-refractivity contribution < 1.29 is 0 Å². The van der Waals surface area contributed by atoms with Crippen molar-refractivity contribution in [3.8, 4) is 0 Å². The van der Waals surface area contributed by atoms with E-state index in [1.807, 2.05) is 23.5 Å². The molecule has 1 aromatic carbocycles. The second-order valence-electron chi connectivity index (χ2n) is 5.42. The van der Waals surface area contributed by atoms with Crippen molar-refractivity contribution in [2.75, 3.05) is 0 Å². The van der Waals surface area contributed by atoms with E-state index in [0.29, 0.717) is 18.0 Å². The molecule has 108 valence electrons. The van der Waals surface area contributed by atoms with Crippen LogP contribution in [0.2, 0.25) is 5.02 Å². The van der Waals surface area contributed by atoms with Crippen molar-refractivity contribution in [2.45, 2.75) is 39.3 Å². The van der Waals surface area contributed by atoms with Crippen LogP contribution in [0, 0.1) is 5.92 Å². The van der Waals surface area contributed by atoms with E-state index < -0.39 is 0 Å². The predicted molar refractivity (Wildman–Crippen MR) is 89.5 cm³/mol. The summed E-state index contributed by atoms with van der Waals surface area (Å²) in [6.07, 6.45) is 1.09. The van der Waals surface area contributed by atoms with Gasteiger partial charge in [-0.1, -0.05) is 50.6 Å². The van der Waals surface area contributed by atoms with E-state index in [-0.39, 0.29) is 0 Å². The summed E-state index contributed by atoms with van der Waals surface area (Å²) in [7, 11) is 0. The molecule has 1 heterocycles. The van der Waals surface area contributed by atoms with Gasteiger partial charge < -0.3 is 5.32 Å². The Hall–Kier alpha value is -0.830. The molecular formula is C17H22ClNS. The highest BCUT2D eigenvalue weighted by Crippen LogP contribution is 2.29. The van der Waals surface area contributed by atoms with Crippen LogP contribution in [0.5, 0.6) is 0 Å². The molecule has 0 fully saturated rings. The van der Waals surface area contributed by atoms with Gasteiger partial charge in [-0.15, -0.1) is 11.3 Å². The van der Waals surface area contributed by atoms with Gasteiger partial charge in [0.15, 0.2) is 0 Å². The van der Waals surface area contributed by atoms with Crippen LogP contribution in [-0.4, -0.2) is 0 Å². The molecule has 0 aliphatic carbocycles. The largest absolute Gasteiger partial charge is 0.302 e. The number of thiophene rings is 1. The van der Waals surface area contributed by atoms with Gasteiger partial charge in [0.25, 0.3) is 0 Å². The Morgan fingerprint density at radius 1 is 1.15 bits per heavy atom. The van der Waals surface area contributed by atoms with Gasteiger partial charge in [0, 0.05) is 22.0 Å². The summed E-state index contributed by atoms with van der Waals surface area (Å²) >= 11 is 7.81. The first-order chi connectivity index (χ1) is 9.61. The average Bonchev–Trinajstić information content (AvgIpc) is 2.95. The fourth-order valence-corrected chi connectivity index (χ4v) is 3.45. The Kier molecular flexibility index (Phi) is 5.64. The molecule has 2 aromatic rings. The normalized spacial score (nSPS) is 14.4. The number of hydrogen-bond acceptors (Lipinski definition) is 2. The van der Waals surface area contributed by atoms with E-state index in [0.717, 1.165) is 11.4 Å². The Balaban J connectivity index is 2.18. The van der Waals surface area contributed by atoms with Crippen LogP contribution in [0.25, 0.3) is 0 Å². The highest BCUT2D eigenvalue weighted by molar-refractivity contribution is 7.10. The summed E-state index contributed by atoms with van der Waals surface area (Å²) in [6, 6.07) is 13.3. The van der Waals surface area contributed by atoms with Crippen molar-refractivity contribution in [3.05, 3.63) is 57.2 Å². The van der Waals surface area contributed by atoms with Crippen LogP contribution in [0.3, 0.4) is 0 Å². The molecule has 0 radical (unpaired) electrons. The first-order valence-corrected chi connectivity index (χ1v) is 8.42. The number of nitrogens with one attached hydrogen (secondary N) is 1. The molecule has 0 saturated heterocycles. The van der Waals surface area contributed by atoms with Crippen molar-refractivity contribution in [1.82, 2.24) is 5.32 Å². The molecule has 0 saturated carbocycles. The van der Waals surface area contributed by atoms with Gasteiger partial charge in [-0.2, -0.15) is 0 Å². The summed E-state index contributed by atoms with van der Waals surface area (Å²) in [5.74, 6) is 0.533. The molecular weight excluding hydrogens is 286 g/mol. The quantitative estimate of drug-likeness (QED) is 0.707. The lowest BCUT2D eigenvalue weighted by Gasteiger charge is -2.28. The van der Waals surface area contributed by atoms with Gasteiger partial charge in [0.05, 0.1) is 0 Å². The van der Waals surface area contributed by atoms with E-state index in [1.54, 1.807) is 0 Å². The second kappa shape index (κ2) is 7.26. The third-order valence-electron chi connectivity index (χ3n) is 3.57. The molecule has 0 aliphatic rings. The molecule has 20 heavy (non-hydrogen) atoms. The zero-order chi connectivity index (χ0) is 14.5. The van der Waals surface area contributed by atoms with Crippen LogP contribution in [-0.2, 0) is 0 Å². The van der Waals surface area contributed by atoms with E-state index in [9.17, 15) is 0 Å². The van der Waals surface area contributed by atoms with Crippen LogP contribution in [0.1, 0.15) is 49.7 Å². The standard InChI is InChI=1S/C17H22ClNS/c1-4-15(16-6-5-11-20-16)19-17(12(2)3)13-7-9-14(18)10-8-13/h5-12,15,17,19H,4H2,1-3H3. The van der Waals surface area contributed by atoms with E-state index in [1.165, 1.54) is 10.4 Å². The lowest BCUT2D eigenvalue weighted by atomic mass is 9.94. The number of hydrogen-bond donors (Lipinski definition) is 1. The van der Waals surface area contributed by atoms with Gasteiger partial charge in [-0.05, 0) is 41.5 Å². The van der Waals surface area contributed by atoms with Gasteiger partial charge in [-0.3, -0.25) is 0 Å². The van der Waals surface area contributed by atoms with Crippen LogP contribution >= 0.6 is 22.9 Å². The third kappa shape index (κ3) is 3.85. The SMILES string of the molecule is CCC(NC(c1ccc(Cl)cc1)C(C)C)c1cccs1. The number of halogens is 1. The van der Waals surface area contributed by atoms with Crippen molar-refractivity contribution in [1.29, 1.82) is 0 Å². The molecule has 2 atom stereocenters. The Labute approximate surface area is 131 Å². The fourth-order valence-electron chi connectivity index (χ4n) is 2.45. The molecule has 0 spiro atoms. The zero-order valence-electron chi connectivity index (χ0n) is 12.3. The summed E-state index contributed by atoms with van der Waals surface area (Å²) in [4.78, 5) is 1.41. The molecule has 1 nitrogen and oxygen atoms in total. The molecule has 2 unspecified atom stereocenters. The number of rotatable bonds is 6. The molecule has 0 amide bonds. The van der Waals surface area contributed by atoms with E-state index in [2.05, 4.69) is 55.7 Å². The first kappa shape index (κ1) is 15.6. The fraction of sp³-hybridized carbons (Fsp3) is 0.412. The number of benzene rings is 1. The van der Waals surface area contributed by atoms with Gasteiger partial charge >= 0.3 is 0 Å². The maximum absolute atomic E-state index is 5.99. The Morgan fingerprint density at radius 2 is 1.85 bits per heavy atom. The van der Waals surface area contributed by atoms with Gasteiger partial charge in [0.1, 0.15) is 0 Å². The first-order valence-electron chi connectivity index (χ1n) is 7.16. The zero-order valence-corrected chi connectivity index (χ0v) is 13.8. The molecule has 1 N–H and O–H groups in total. The minimum absolute atomic E-state index is 0.347. The molecule has 2 rings (SSSR count). The maximum Gasteiger partial charge on any atom is 0.0417 e. The molecule has 3 heteroatoms. The minimum atomic E-state index is 0.347. The lowest BCUT2D eigenvalue weighted by Crippen LogP contribution is -2.29. The minimum Gasteiger partial charge on any atom is -0.302 e. The highest BCUT2D eigenvalue weighted by atomic mass is 35.5. The summed E-state index contributed by atoms with van der Waals surface area (Å²) in [5, 5.41) is 6.75. The second-order valence-corrected chi connectivity index (χ2v) is 6.83. The topological polar surface area (TPSA) is 12.0 Å². The predicted octanol–water partition coefficient (Wildman–Crippen LogP) is 5.84. The van der Waals surface area contributed by atoms with Crippen molar-refractivity contribution >= 4 is 22.9 Å². The monoisotopic (exact) mass is 307 g/mol. The van der Waals surface area contributed by atoms with Crippen LogP contribution in [0.4, 0.5) is 0 Å². The van der Waals surface area contributed by atoms with Gasteiger partial charge in [0.2, 0.25) is 0 Å². The molecule has 1 aromatic heterocycles. The third-order valence-corrected chi connectivity index (χ3v) is 4.81. The van der Waals surface area contributed by atoms with Crippen molar-refractivity contribution in [2.24, 2.45) is 5.92 Å². The maximum atomic E-state index is 5.99. The smallest absolute Gasteiger partial charge is 0.0417 e. The Bertz CT molecular complexity index is 504. The lowest BCUT2D eigenvalue weighted by molar-refractivity contribution is 0.359. The highest BCUT2D eigenvalue weighted by Gasteiger charge is 2.20. The van der Waals surface area contributed by atoms with Crippen molar-refractivity contribution in [3.63, 3.8) is 0 Å². The Morgan fingerprint density at radius 3 is 2.35 bits per heavy atom. The summed E-state index contributed by atoms with van der Waals surface area (Å²) in [6.45, 7) is 6.75. The van der Waals surface area contributed by atoms with E-state index >= 15 is 0 Å². The van der Waals surface area contributed by atoms with Crippen LogP contribution < -0.4 is 5.32 Å². The summed E-state index contributed by atoms with van der Waals surface area (Å²) < 4.78 is 0.